The second-order valence-electron chi connectivity index (χ2n) is 4.51. The third-order valence-electron chi connectivity index (χ3n) is 2.95. The van der Waals surface area contributed by atoms with Gasteiger partial charge < -0.3 is 9.73 Å². The first-order chi connectivity index (χ1) is 9.49. The summed E-state index contributed by atoms with van der Waals surface area (Å²) in [6.07, 6.45) is 0.884. The van der Waals surface area contributed by atoms with Crippen LogP contribution in [-0.2, 0) is 29.5 Å². The molecule has 20 heavy (non-hydrogen) atoms. The number of benzene rings is 1. The van der Waals surface area contributed by atoms with Gasteiger partial charge in [0.1, 0.15) is 11.5 Å². The molecule has 6 heteroatoms. The summed E-state index contributed by atoms with van der Waals surface area (Å²) in [6, 6.07) is 10.4. The molecule has 1 heterocycles. The SMILES string of the molecule is CCc1ccc(CNCc2ccc(S(N)(=O)=O)cc2)o1. The number of sulfonamides is 1. The van der Waals surface area contributed by atoms with E-state index >= 15 is 0 Å². The van der Waals surface area contributed by atoms with E-state index in [9.17, 15) is 8.42 Å². The van der Waals surface area contributed by atoms with E-state index in [0.717, 1.165) is 23.5 Å². The van der Waals surface area contributed by atoms with E-state index in [0.29, 0.717) is 13.1 Å². The van der Waals surface area contributed by atoms with Gasteiger partial charge in [-0.15, -0.1) is 0 Å². The van der Waals surface area contributed by atoms with E-state index in [1.807, 2.05) is 19.1 Å². The topological polar surface area (TPSA) is 85.3 Å². The van der Waals surface area contributed by atoms with E-state index in [-0.39, 0.29) is 4.90 Å². The Kier molecular flexibility index (Phi) is 4.59. The fraction of sp³-hybridized carbons (Fsp3) is 0.286. The van der Waals surface area contributed by atoms with Crippen molar-refractivity contribution in [2.24, 2.45) is 5.14 Å². The van der Waals surface area contributed by atoms with Gasteiger partial charge in [-0.05, 0) is 29.8 Å². The summed E-state index contributed by atoms with van der Waals surface area (Å²) < 4.78 is 27.8. The fourth-order valence-corrected chi connectivity index (χ4v) is 2.35. The van der Waals surface area contributed by atoms with Crippen LogP contribution < -0.4 is 10.5 Å². The molecule has 2 rings (SSSR count). The molecule has 0 aliphatic carbocycles. The van der Waals surface area contributed by atoms with Crippen LogP contribution in [-0.4, -0.2) is 8.42 Å². The Labute approximate surface area is 118 Å². The number of primary sulfonamides is 1. The number of nitrogens with one attached hydrogen (secondary N) is 1. The first kappa shape index (κ1) is 14.8. The van der Waals surface area contributed by atoms with E-state index < -0.39 is 10.0 Å². The predicted molar refractivity (Wildman–Crippen MR) is 76.4 cm³/mol. The third-order valence-corrected chi connectivity index (χ3v) is 3.88. The summed E-state index contributed by atoms with van der Waals surface area (Å²) in [5.41, 5.74) is 0.986. The lowest BCUT2D eigenvalue weighted by atomic mass is 10.2. The van der Waals surface area contributed by atoms with Gasteiger partial charge in [0.15, 0.2) is 0 Å². The Hall–Kier alpha value is -1.63. The molecule has 0 bridgehead atoms. The zero-order valence-electron chi connectivity index (χ0n) is 11.3. The van der Waals surface area contributed by atoms with Gasteiger partial charge in [0.05, 0.1) is 11.4 Å². The van der Waals surface area contributed by atoms with Crippen molar-refractivity contribution >= 4 is 10.0 Å². The van der Waals surface area contributed by atoms with Crippen molar-refractivity contribution in [3.8, 4) is 0 Å². The summed E-state index contributed by atoms with van der Waals surface area (Å²) in [6.45, 7) is 3.31. The number of nitrogens with two attached hydrogens (primary N) is 1. The van der Waals surface area contributed by atoms with Crippen molar-refractivity contribution in [1.29, 1.82) is 0 Å². The van der Waals surface area contributed by atoms with E-state index in [1.54, 1.807) is 12.1 Å². The van der Waals surface area contributed by atoms with Gasteiger partial charge in [-0.2, -0.15) is 0 Å². The number of hydrogen-bond donors (Lipinski definition) is 2. The minimum Gasteiger partial charge on any atom is -0.465 e. The maximum Gasteiger partial charge on any atom is 0.238 e. The molecule has 5 nitrogen and oxygen atoms in total. The van der Waals surface area contributed by atoms with E-state index in [2.05, 4.69) is 5.32 Å². The number of rotatable bonds is 6. The molecule has 0 radical (unpaired) electrons. The molecule has 0 aliphatic heterocycles. The lowest BCUT2D eigenvalue weighted by Gasteiger charge is -2.04. The first-order valence-electron chi connectivity index (χ1n) is 6.39. The monoisotopic (exact) mass is 294 g/mol. The van der Waals surface area contributed by atoms with Crippen molar-refractivity contribution in [1.82, 2.24) is 5.32 Å². The van der Waals surface area contributed by atoms with Gasteiger partial charge in [0, 0.05) is 13.0 Å². The van der Waals surface area contributed by atoms with Crippen LogP contribution >= 0.6 is 0 Å². The summed E-state index contributed by atoms with van der Waals surface area (Å²) in [7, 11) is -3.62. The lowest BCUT2D eigenvalue weighted by molar-refractivity contribution is 0.450. The molecule has 0 spiro atoms. The molecule has 0 fully saturated rings. The van der Waals surface area contributed by atoms with Crippen molar-refractivity contribution in [2.75, 3.05) is 0 Å². The molecule has 0 unspecified atom stereocenters. The molecule has 0 saturated heterocycles. The normalized spacial score (nSPS) is 11.7. The summed E-state index contributed by atoms with van der Waals surface area (Å²) in [5.74, 6) is 1.86. The smallest absolute Gasteiger partial charge is 0.238 e. The van der Waals surface area contributed by atoms with Crippen LogP contribution in [0, 0.1) is 0 Å². The first-order valence-corrected chi connectivity index (χ1v) is 7.93. The quantitative estimate of drug-likeness (QED) is 0.850. The highest BCUT2D eigenvalue weighted by Crippen LogP contribution is 2.10. The van der Waals surface area contributed by atoms with Gasteiger partial charge in [0.2, 0.25) is 10.0 Å². The van der Waals surface area contributed by atoms with Gasteiger partial charge >= 0.3 is 0 Å². The molecule has 2 aromatic rings. The van der Waals surface area contributed by atoms with Crippen molar-refractivity contribution in [3.63, 3.8) is 0 Å². The van der Waals surface area contributed by atoms with Crippen LogP contribution in [0.3, 0.4) is 0 Å². The molecule has 108 valence electrons. The highest BCUT2D eigenvalue weighted by Gasteiger charge is 2.06. The molecule has 3 N–H and O–H groups in total. The minimum atomic E-state index is -3.62. The molecule has 0 aliphatic rings. The maximum atomic E-state index is 11.1. The summed E-state index contributed by atoms with van der Waals surface area (Å²) in [5, 5.41) is 8.28. The Bertz CT molecular complexity index is 660. The summed E-state index contributed by atoms with van der Waals surface area (Å²) in [4.78, 5) is 0.125. The predicted octanol–water partition coefficient (Wildman–Crippen LogP) is 1.78. The average molecular weight is 294 g/mol. The van der Waals surface area contributed by atoms with E-state index in [4.69, 9.17) is 9.56 Å². The second kappa shape index (κ2) is 6.21. The number of furan rings is 1. The molecule has 1 aromatic carbocycles. The fourth-order valence-electron chi connectivity index (χ4n) is 1.83. The van der Waals surface area contributed by atoms with Gasteiger partial charge in [-0.3, -0.25) is 0 Å². The van der Waals surface area contributed by atoms with Gasteiger partial charge in [0.25, 0.3) is 0 Å². The highest BCUT2D eigenvalue weighted by atomic mass is 32.2. The molecule has 0 saturated carbocycles. The molecular weight excluding hydrogens is 276 g/mol. The molecule has 0 amide bonds. The van der Waals surface area contributed by atoms with Crippen LogP contribution in [0.1, 0.15) is 24.0 Å². The Morgan fingerprint density at radius 2 is 1.70 bits per heavy atom. The molecule has 0 atom stereocenters. The zero-order chi connectivity index (χ0) is 14.6. The highest BCUT2D eigenvalue weighted by molar-refractivity contribution is 7.89. The van der Waals surface area contributed by atoms with Gasteiger partial charge in [-0.25, -0.2) is 13.6 Å². The average Bonchev–Trinajstić information content (AvgIpc) is 2.86. The zero-order valence-corrected chi connectivity index (χ0v) is 12.1. The van der Waals surface area contributed by atoms with Gasteiger partial charge in [-0.1, -0.05) is 19.1 Å². The molecule has 1 aromatic heterocycles. The van der Waals surface area contributed by atoms with Crippen molar-refractivity contribution in [2.45, 2.75) is 31.3 Å². The Morgan fingerprint density at radius 3 is 2.25 bits per heavy atom. The Morgan fingerprint density at radius 1 is 1.05 bits per heavy atom. The van der Waals surface area contributed by atoms with Crippen LogP contribution in [0.4, 0.5) is 0 Å². The minimum absolute atomic E-state index is 0.125. The van der Waals surface area contributed by atoms with Crippen molar-refractivity contribution in [3.05, 3.63) is 53.5 Å². The second-order valence-corrected chi connectivity index (χ2v) is 6.08. The van der Waals surface area contributed by atoms with E-state index in [1.165, 1.54) is 12.1 Å². The molecular formula is C14H18N2O3S. The number of aryl methyl sites for hydroxylation is 1. The van der Waals surface area contributed by atoms with Crippen LogP contribution in [0.25, 0.3) is 0 Å². The summed E-state index contributed by atoms with van der Waals surface area (Å²) >= 11 is 0. The third kappa shape index (κ3) is 3.93. The Balaban J connectivity index is 1.88. The standard InChI is InChI=1S/C14H18N2O3S/c1-2-12-5-6-13(19-12)10-16-9-11-3-7-14(8-4-11)20(15,17)18/h3-8,16H,2,9-10H2,1H3,(H2,15,17,18). The largest absolute Gasteiger partial charge is 0.465 e. The van der Waals surface area contributed by atoms with Crippen LogP contribution in [0.15, 0.2) is 45.7 Å². The van der Waals surface area contributed by atoms with Crippen LogP contribution in [0.2, 0.25) is 0 Å². The van der Waals surface area contributed by atoms with Crippen molar-refractivity contribution < 1.29 is 12.8 Å². The van der Waals surface area contributed by atoms with Crippen LogP contribution in [0.5, 0.6) is 0 Å². The maximum absolute atomic E-state index is 11.1. The number of hydrogen-bond acceptors (Lipinski definition) is 4. The lowest BCUT2D eigenvalue weighted by Crippen LogP contribution is -2.14.